The molecule has 1 amide bonds. The second-order valence-electron chi connectivity index (χ2n) is 10.3. The Balaban J connectivity index is 1.39. The molecule has 0 aromatic heterocycles. The minimum atomic E-state index is -0.321. The molecule has 6 heteroatoms. The van der Waals surface area contributed by atoms with E-state index < -0.39 is 0 Å². The molecule has 2 aromatic rings. The molecule has 1 heterocycles. The number of benzene rings is 2. The van der Waals surface area contributed by atoms with Crippen molar-refractivity contribution in [2.24, 2.45) is 11.8 Å². The van der Waals surface area contributed by atoms with Crippen LogP contribution < -0.4 is 10.8 Å². The highest BCUT2D eigenvalue weighted by atomic mass is 16.6. The van der Waals surface area contributed by atoms with Crippen LogP contribution in [0.4, 0.5) is 0 Å². The molecule has 1 N–H and O–H groups in total. The van der Waals surface area contributed by atoms with Gasteiger partial charge in [-0.05, 0) is 62.4 Å². The van der Waals surface area contributed by atoms with Gasteiger partial charge in [0.05, 0.1) is 12.2 Å². The third kappa shape index (κ3) is 8.16. The van der Waals surface area contributed by atoms with E-state index in [-0.39, 0.29) is 37.3 Å². The molecule has 0 unspecified atom stereocenters. The summed E-state index contributed by atoms with van der Waals surface area (Å²) in [5.74, 6) is 0.743. The predicted molar refractivity (Wildman–Crippen MR) is 154 cm³/mol. The molecular weight excluding hydrogens is 473 g/mol. The van der Waals surface area contributed by atoms with Gasteiger partial charge in [0.2, 0.25) is 5.91 Å². The summed E-state index contributed by atoms with van der Waals surface area (Å²) in [6, 6.07) is 20.8. The van der Waals surface area contributed by atoms with Gasteiger partial charge in [0.15, 0.2) is 0 Å². The molecule has 2 fully saturated rings. The minimum Gasteiger partial charge on any atom is -0.404 e. The maximum atomic E-state index is 11.7. The van der Waals surface area contributed by atoms with Crippen LogP contribution in [0, 0.1) is 11.8 Å². The average molecular weight is 516 g/mol. The van der Waals surface area contributed by atoms with Gasteiger partial charge in [0.25, 0.3) is 0 Å². The van der Waals surface area contributed by atoms with Gasteiger partial charge >= 0.3 is 7.12 Å². The van der Waals surface area contributed by atoms with Crippen molar-refractivity contribution >= 4 is 18.5 Å². The summed E-state index contributed by atoms with van der Waals surface area (Å²) < 4.78 is 18.8. The lowest BCUT2D eigenvalue weighted by Gasteiger charge is -2.28. The highest BCUT2D eigenvalue weighted by Gasteiger charge is 2.50. The Kier molecular flexibility index (Phi) is 11.2. The van der Waals surface area contributed by atoms with E-state index in [1.165, 1.54) is 5.56 Å². The molecule has 1 saturated heterocycles. The maximum Gasteiger partial charge on any atom is 0.494 e. The molecule has 2 bridgehead atoms. The van der Waals surface area contributed by atoms with E-state index in [2.05, 4.69) is 72.1 Å². The smallest absolute Gasteiger partial charge is 0.404 e. The zero-order valence-corrected chi connectivity index (χ0v) is 22.8. The zero-order chi connectivity index (χ0) is 26.6. The fourth-order valence-electron chi connectivity index (χ4n) is 5.62. The highest BCUT2D eigenvalue weighted by molar-refractivity contribution is 6.61. The third-order valence-corrected chi connectivity index (χ3v) is 7.67. The van der Waals surface area contributed by atoms with Gasteiger partial charge in [-0.3, -0.25) is 4.79 Å². The summed E-state index contributed by atoms with van der Waals surface area (Å²) in [5.41, 5.74) is 2.40. The van der Waals surface area contributed by atoms with Crippen LogP contribution in [0.2, 0.25) is 0 Å². The van der Waals surface area contributed by atoms with Gasteiger partial charge in [-0.1, -0.05) is 85.0 Å². The quantitative estimate of drug-likeness (QED) is 0.212. The number of fused-ring (bicyclic) bond motifs is 2. The summed E-state index contributed by atoms with van der Waals surface area (Å²) in [6.07, 6.45) is 15.5. The first kappa shape index (κ1) is 28.3. The standard InChI is InChI=1S/C32H42BNO4/c1-3-34-32(35)19-13-5-4-12-18-28-29(23-22-27(36-2)21-20-25-14-8-6-9-15-25)31-24-30(28)37-33(38-31)26-16-10-7-11-17-26/h4,6-12,14-17,22-23,27-31H,3,5,13,18-21,24H2,1-2H3,(H,34,35)/b12-4-,23-22+/t27-,28+,29+,30-,31+/m0/s1. The van der Waals surface area contributed by atoms with Crippen LogP contribution in [-0.4, -0.2) is 45.0 Å². The van der Waals surface area contributed by atoms with Gasteiger partial charge in [-0.2, -0.15) is 0 Å². The van der Waals surface area contributed by atoms with Gasteiger partial charge in [0.1, 0.15) is 0 Å². The maximum absolute atomic E-state index is 11.7. The Hall–Kier alpha value is -2.67. The number of allylic oxidation sites excluding steroid dienone is 2. The van der Waals surface area contributed by atoms with Crippen molar-refractivity contribution in [1.82, 2.24) is 5.32 Å². The van der Waals surface area contributed by atoms with Crippen molar-refractivity contribution in [1.29, 1.82) is 0 Å². The van der Waals surface area contributed by atoms with Crippen LogP contribution in [0.25, 0.3) is 0 Å². The second kappa shape index (κ2) is 15.1. The Bertz CT molecular complexity index is 1030. The lowest BCUT2D eigenvalue weighted by molar-refractivity contribution is -0.121. The van der Waals surface area contributed by atoms with Crippen molar-refractivity contribution in [3.8, 4) is 0 Å². The van der Waals surface area contributed by atoms with E-state index in [9.17, 15) is 4.79 Å². The first-order valence-corrected chi connectivity index (χ1v) is 14.2. The summed E-state index contributed by atoms with van der Waals surface area (Å²) in [6.45, 7) is 2.64. The molecule has 5 nitrogen and oxygen atoms in total. The summed E-state index contributed by atoms with van der Waals surface area (Å²) in [7, 11) is 1.47. The summed E-state index contributed by atoms with van der Waals surface area (Å²) in [4.78, 5) is 11.7. The van der Waals surface area contributed by atoms with Crippen LogP contribution in [0.1, 0.15) is 51.0 Å². The number of ether oxygens (including phenoxy) is 1. The van der Waals surface area contributed by atoms with Crippen LogP contribution in [-0.2, 0) is 25.3 Å². The first-order valence-electron chi connectivity index (χ1n) is 14.2. The molecule has 0 radical (unpaired) electrons. The molecule has 1 aliphatic carbocycles. The molecule has 2 aromatic carbocycles. The first-order chi connectivity index (χ1) is 18.7. The van der Waals surface area contributed by atoms with Crippen LogP contribution >= 0.6 is 0 Å². The number of hydrogen-bond acceptors (Lipinski definition) is 4. The number of hydrogen-bond donors (Lipinski definition) is 1. The Morgan fingerprint density at radius 3 is 2.55 bits per heavy atom. The average Bonchev–Trinajstić information content (AvgIpc) is 3.19. The number of unbranched alkanes of at least 4 members (excludes halogenated alkanes) is 1. The lowest BCUT2D eigenvalue weighted by atomic mass is 9.77. The monoisotopic (exact) mass is 515 g/mol. The number of nitrogens with one attached hydrogen (secondary N) is 1. The number of amides is 1. The molecule has 4 rings (SSSR count). The molecular formula is C32H42BNO4. The minimum absolute atomic E-state index is 0.0620. The summed E-state index contributed by atoms with van der Waals surface area (Å²) in [5, 5.41) is 2.86. The third-order valence-electron chi connectivity index (χ3n) is 7.67. The molecule has 2 aliphatic rings. The van der Waals surface area contributed by atoms with Crippen molar-refractivity contribution in [3.05, 3.63) is 90.5 Å². The lowest BCUT2D eigenvalue weighted by Crippen LogP contribution is -2.45. The van der Waals surface area contributed by atoms with Crippen molar-refractivity contribution in [3.63, 3.8) is 0 Å². The molecule has 1 aliphatic heterocycles. The topological polar surface area (TPSA) is 56.8 Å². The van der Waals surface area contributed by atoms with Gasteiger partial charge in [0, 0.05) is 32.1 Å². The van der Waals surface area contributed by atoms with E-state index >= 15 is 0 Å². The SMILES string of the molecule is CCNC(=O)CCC/C=C\C[C@@H]1[C@@H](/C=C/[C@H](CCc2ccccc2)OC)[C@H]2C[C@@H]1OB(c1ccccc1)O2. The van der Waals surface area contributed by atoms with E-state index in [0.29, 0.717) is 18.9 Å². The van der Waals surface area contributed by atoms with Gasteiger partial charge < -0.3 is 19.4 Å². The van der Waals surface area contributed by atoms with E-state index in [1.54, 1.807) is 7.11 Å². The van der Waals surface area contributed by atoms with E-state index in [0.717, 1.165) is 44.0 Å². The predicted octanol–water partition coefficient (Wildman–Crippen LogP) is 5.26. The normalized spacial score (nSPS) is 23.8. The Labute approximate surface area is 228 Å². The molecule has 1 saturated carbocycles. The van der Waals surface area contributed by atoms with Gasteiger partial charge in [-0.15, -0.1) is 0 Å². The van der Waals surface area contributed by atoms with Crippen molar-refractivity contribution in [2.45, 2.75) is 70.2 Å². The highest BCUT2D eigenvalue weighted by Crippen LogP contribution is 2.43. The molecule has 38 heavy (non-hydrogen) atoms. The number of rotatable bonds is 14. The van der Waals surface area contributed by atoms with Crippen molar-refractivity contribution < 1.29 is 18.8 Å². The van der Waals surface area contributed by atoms with E-state index in [4.69, 9.17) is 14.0 Å². The largest absolute Gasteiger partial charge is 0.494 e. The van der Waals surface area contributed by atoms with Crippen LogP contribution in [0.15, 0.2) is 85.0 Å². The number of methoxy groups -OCH3 is 1. The van der Waals surface area contributed by atoms with E-state index in [1.807, 2.05) is 25.1 Å². The molecule has 5 atom stereocenters. The number of aryl methyl sites for hydroxylation is 1. The fraction of sp³-hybridized carbons (Fsp3) is 0.469. The Morgan fingerprint density at radius 1 is 1.08 bits per heavy atom. The van der Waals surface area contributed by atoms with Crippen molar-refractivity contribution in [2.75, 3.05) is 13.7 Å². The van der Waals surface area contributed by atoms with Gasteiger partial charge in [-0.25, -0.2) is 0 Å². The van der Waals surface area contributed by atoms with Crippen LogP contribution in [0.5, 0.6) is 0 Å². The number of carbonyl (C=O) groups is 1. The molecule has 202 valence electrons. The zero-order valence-electron chi connectivity index (χ0n) is 22.8. The second-order valence-corrected chi connectivity index (χ2v) is 10.3. The van der Waals surface area contributed by atoms with Crippen LogP contribution in [0.3, 0.4) is 0 Å². The number of carbonyl (C=O) groups excluding carboxylic acids is 1. The summed E-state index contributed by atoms with van der Waals surface area (Å²) >= 11 is 0. The molecule has 0 spiro atoms. The Morgan fingerprint density at radius 2 is 1.82 bits per heavy atom. The fourth-order valence-corrected chi connectivity index (χ4v) is 5.62.